The predicted octanol–water partition coefficient (Wildman–Crippen LogP) is 5.03. The molecule has 1 saturated heterocycles. The number of hydrogen-bond acceptors (Lipinski definition) is 5. The molecule has 0 spiro atoms. The first kappa shape index (κ1) is 22.4. The molecule has 0 saturated carbocycles. The first-order valence-electron chi connectivity index (χ1n) is 11.6. The van der Waals surface area contributed by atoms with Crippen molar-refractivity contribution in [2.45, 2.75) is 12.8 Å². The van der Waals surface area contributed by atoms with E-state index in [9.17, 15) is 9.59 Å². The highest BCUT2D eigenvalue weighted by Crippen LogP contribution is 2.29. The number of benzene rings is 2. The van der Waals surface area contributed by atoms with Crippen LogP contribution in [-0.2, 0) is 9.63 Å². The maximum Gasteiger partial charge on any atom is 0.298 e. The summed E-state index contributed by atoms with van der Waals surface area (Å²) in [6, 6.07) is 24.8. The molecule has 7 heteroatoms. The van der Waals surface area contributed by atoms with Gasteiger partial charge in [-0.3, -0.25) is 9.59 Å². The third-order valence-corrected chi connectivity index (χ3v) is 6.24. The highest BCUT2D eigenvalue weighted by Gasteiger charge is 2.25. The minimum absolute atomic E-state index is 0.350. The number of fused-ring (bicyclic) bond motifs is 1. The van der Waals surface area contributed by atoms with E-state index in [1.807, 2.05) is 78.9 Å². The average Bonchev–Trinajstić information content (AvgIpc) is 3.29. The summed E-state index contributed by atoms with van der Waals surface area (Å²) in [5.41, 5.74) is 5.53. The number of ketones is 1. The second kappa shape index (κ2) is 9.85. The molecule has 0 atom stereocenters. The number of hydrogen-bond donors (Lipinski definition) is 1. The highest BCUT2D eigenvalue weighted by atomic mass is 16.6. The SMILES string of the molecule is CON=C1CCN(c2ccc(NC(=O)C(=O)c3c(-c4ccccc4)cc4ccccn34)cc2)CC1. The number of oxime groups is 1. The summed E-state index contributed by atoms with van der Waals surface area (Å²) in [4.78, 5) is 33.5. The highest BCUT2D eigenvalue weighted by molar-refractivity contribution is 6.47. The molecule has 2 aromatic carbocycles. The number of nitrogens with one attached hydrogen (secondary N) is 1. The normalized spacial score (nSPS) is 13.5. The number of nitrogens with zero attached hydrogens (tertiary/aromatic N) is 3. The topological polar surface area (TPSA) is 75.4 Å². The van der Waals surface area contributed by atoms with Crippen molar-refractivity contribution in [1.82, 2.24) is 4.40 Å². The van der Waals surface area contributed by atoms with Crippen LogP contribution in [0.2, 0.25) is 0 Å². The monoisotopic (exact) mass is 466 g/mol. The van der Waals surface area contributed by atoms with Crippen molar-refractivity contribution in [2.75, 3.05) is 30.4 Å². The second-order valence-corrected chi connectivity index (χ2v) is 8.43. The Morgan fingerprint density at radius 3 is 2.34 bits per heavy atom. The molecule has 3 heterocycles. The van der Waals surface area contributed by atoms with Gasteiger partial charge in [-0.15, -0.1) is 0 Å². The Kier molecular flexibility index (Phi) is 6.30. The standard InChI is InChI=1S/C28H26N4O3/c1-35-30-22-14-17-31(18-15-22)23-12-10-21(11-13-23)29-28(34)27(33)26-25(20-7-3-2-4-8-20)19-24-9-5-6-16-32(24)26/h2-13,16,19H,14-15,17-18H2,1H3,(H,29,34). The summed E-state index contributed by atoms with van der Waals surface area (Å²) < 4.78 is 1.77. The molecule has 1 amide bonds. The maximum atomic E-state index is 13.4. The van der Waals surface area contributed by atoms with E-state index < -0.39 is 11.7 Å². The van der Waals surface area contributed by atoms with Crippen LogP contribution in [0.15, 0.2) is 90.2 Å². The predicted molar refractivity (Wildman–Crippen MR) is 138 cm³/mol. The van der Waals surface area contributed by atoms with Crippen molar-refractivity contribution < 1.29 is 14.4 Å². The van der Waals surface area contributed by atoms with E-state index in [2.05, 4.69) is 15.4 Å². The van der Waals surface area contributed by atoms with Gasteiger partial charge in [0.25, 0.3) is 11.7 Å². The molecular formula is C28H26N4O3. The lowest BCUT2D eigenvalue weighted by molar-refractivity contribution is -0.112. The van der Waals surface area contributed by atoms with Gasteiger partial charge in [0.2, 0.25) is 0 Å². The third-order valence-electron chi connectivity index (χ3n) is 6.24. The Morgan fingerprint density at radius 2 is 1.63 bits per heavy atom. The van der Waals surface area contributed by atoms with Gasteiger partial charge in [0.05, 0.1) is 5.71 Å². The summed E-state index contributed by atoms with van der Waals surface area (Å²) in [6.45, 7) is 1.71. The Bertz CT molecular complexity index is 1380. The van der Waals surface area contributed by atoms with Crippen molar-refractivity contribution in [3.63, 3.8) is 0 Å². The van der Waals surface area contributed by atoms with Crippen LogP contribution in [-0.4, -0.2) is 42.0 Å². The largest absolute Gasteiger partial charge is 0.399 e. The molecule has 0 unspecified atom stereocenters. The van der Waals surface area contributed by atoms with Crippen LogP contribution in [0.4, 0.5) is 11.4 Å². The van der Waals surface area contributed by atoms with Crippen molar-refractivity contribution in [3.8, 4) is 11.1 Å². The molecule has 35 heavy (non-hydrogen) atoms. The van der Waals surface area contributed by atoms with Gasteiger partial charge in [-0.1, -0.05) is 41.6 Å². The number of aromatic nitrogens is 1. The molecule has 0 aliphatic carbocycles. The molecule has 176 valence electrons. The van der Waals surface area contributed by atoms with E-state index >= 15 is 0 Å². The third kappa shape index (κ3) is 4.66. The summed E-state index contributed by atoms with van der Waals surface area (Å²) in [5, 5.41) is 6.82. The van der Waals surface area contributed by atoms with Crippen molar-refractivity contribution in [3.05, 3.63) is 90.8 Å². The molecule has 1 fully saturated rings. The summed E-state index contributed by atoms with van der Waals surface area (Å²) in [6.07, 6.45) is 3.52. The van der Waals surface area contributed by atoms with Gasteiger partial charge in [-0.25, -0.2) is 0 Å². The number of Topliss-reactive ketones (excluding diaryl/α,β-unsaturated/α-hetero) is 1. The molecule has 4 aromatic rings. The van der Waals surface area contributed by atoms with E-state index in [0.29, 0.717) is 11.4 Å². The molecular weight excluding hydrogens is 440 g/mol. The zero-order chi connectivity index (χ0) is 24.2. The van der Waals surface area contributed by atoms with Crippen molar-refractivity contribution in [1.29, 1.82) is 0 Å². The van der Waals surface area contributed by atoms with Crippen molar-refractivity contribution in [2.24, 2.45) is 5.16 Å². The number of amides is 1. The maximum absolute atomic E-state index is 13.4. The lowest BCUT2D eigenvalue weighted by atomic mass is 10.0. The van der Waals surface area contributed by atoms with Crippen LogP contribution >= 0.6 is 0 Å². The van der Waals surface area contributed by atoms with E-state index in [-0.39, 0.29) is 0 Å². The van der Waals surface area contributed by atoms with E-state index in [4.69, 9.17) is 4.84 Å². The number of anilines is 2. The van der Waals surface area contributed by atoms with Crippen LogP contribution in [0.1, 0.15) is 23.3 Å². The summed E-state index contributed by atoms with van der Waals surface area (Å²) in [5.74, 6) is -1.25. The van der Waals surface area contributed by atoms with Crippen molar-refractivity contribution >= 4 is 34.3 Å². The molecule has 0 bridgehead atoms. The van der Waals surface area contributed by atoms with Crippen LogP contribution in [0, 0.1) is 0 Å². The molecule has 5 rings (SSSR count). The van der Waals surface area contributed by atoms with E-state index in [1.165, 1.54) is 0 Å². The first-order chi connectivity index (χ1) is 17.1. The molecule has 7 nitrogen and oxygen atoms in total. The van der Waals surface area contributed by atoms with Gasteiger partial charge in [0.1, 0.15) is 12.8 Å². The molecule has 0 radical (unpaired) electrons. The average molecular weight is 467 g/mol. The Morgan fingerprint density at radius 1 is 0.914 bits per heavy atom. The van der Waals surface area contributed by atoms with Crippen LogP contribution in [0.25, 0.3) is 16.6 Å². The number of rotatable bonds is 6. The fourth-order valence-electron chi connectivity index (χ4n) is 4.49. The minimum Gasteiger partial charge on any atom is -0.399 e. The Labute approximate surface area is 203 Å². The summed E-state index contributed by atoms with van der Waals surface area (Å²) >= 11 is 0. The van der Waals surface area contributed by atoms with Gasteiger partial charge in [0, 0.05) is 54.6 Å². The zero-order valence-electron chi connectivity index (χ0n) is 19.5. The molecule has 1 aliphatic rings. The lowest BCUT2D eigenvalue weighted by Crippen LogP contribution is -2.33. The zero-order valence-corrected chi connectivity index (χ0v) is 19.5. The number of piperidine rings is 1. The summed E-state index contributed by atoms with van der Waals surface area (Å²) in [7, 11) is 1.57. The fraction of sp³-hybridized carbons (Fsp3) is 0.179. The number of carbonyl (C=O) groups excluding carboxylic acids is 2. The first-order valence-corrected chi connectivity index (χ1v) is 11.6. The number of carbonyl (C=O) groups is 2. The van der Waals surface area contributed by atoms with E-state index in [0.717, 1.165) is 54.0 Å². The van der Waals surface area contributed by atoms with Crippen LogP contribution in [0.3, 0.4) is 0 Å². The quantitative estimate of drug-likeness (QED) is 0.246. The molecule has 1 N–H and O–H groups in total. The van der Waals surface area contributed by atoms with Gasteiger partial charge < -0.3 is 19.5 Å². The van der Waals surface area contributed by atoms with Gasteiger partial charge in [0.15, 0.2) is 0 Å². The fourth-order valence-corrected chi connectivity index (χ4v) is 4.49. The molecule has 1 aliphatic heterocycles. The lowest BCUT2D eigenvalue weighted by Gasteiger charge is -2.29. The number of pyridine rings is 1. The Balaban J connectivity index is 1.34. The van der Waals surface area contributed by atoms with E-state index in [1.54, 1.807) is 17.7 Å². The van der Waals surface area contributed by atoms with Crippen LogP contribution < -0.4 is 10.2 Å². The van der Waals surface area contributed by atoms with Crippen LogP contribution in [0.5, 0.6) is 0 Å². The van der Waals surface area contributed by atoms with Gasteiger partial charge in [-0.05, 0) is 48.0 Å². The van der Waals surface area contributed by atoms with Gasteiger partial charge >= 0.3 is 0 Å². The Hall–Kier alpha value is -4.39. The second-order valence-electron chi connectivity index (χ2n) is 8.43. The molecule has 2 aromatic heterocycles. The van der Waals surface area contributed by atoms with Gasteiger partial charge in [-0.2, -0.15) is 0 Å². The minimum atomic E-state index is -0.669. The smallest absolute Gasteiger partial charge is 0.298 e.